The van der Waals surface area contributed by atoms with Crippen LogP contribution in [0.15, 0.2) is 54.6 Å². The van der Waals surface area contributed by atoms with Gasteiger partial charge in [-0.25, -0.2) is 4.39 Å². The highest BCUT2D eigenvalue weighted by atomic mass is 19.1. The average Bonchev–Trinajstić information content (AvgIpc) is 3.29. The number of piperidine rings is 1. The first-order valence-corrected chi connectivity index (χ1v) is 13.7. The number of carbonyl (C=O) groups is 1. The van der Waals surface area contributed by atoms with Crippen molar-refractivity contribution in [1.82, 2.24) is 4.90 Å². The van der Waals surface area contributed by atoms with E-state index in [2.05, 4.69) is 41.3 Å². The Balaban J connectivity index is 1.58. The van der Waals surface area contributed by atoms with Gasteiger partial charge in [-0.05, 0) is 101 Å². The third-order valence-corrected chi connectivity index (χ3v) is 8.43. The zero-order chi connectivity index (χ0) is 25.8. The van der Waals surface area contributed by atoms with Crippen molar-refractivity contribution in [1.29, 1.82) is 0 Å². The molecule has 4 nitrogen and oxygen atoms in total. The topological polar surface area (TPSA) is 55.6 Å². The minimum absolute atomic E-state index is 0.137. The molecule has 3 atom stereocenters. The zero-order valence-electron chi connectivity index (χ0n) is 22.2. The highest BCUT2D eigenvalue weighted by Gasteiger charge is 2.51. The molecular formula is C31H43FN2O2. The van der Waals surface area contributed by atoms with Crippen molar-refractivity contribution in [3.05, 3.63) is 71.5 Å². The van der Waals surface area contributed by atoms with Crippen LogP contribution in [0.3, 0.4) is 0 Å². The number of carbonyl (C=O) groups excluding carboxylic acids is 1. The van der Waals surface area contributed by atoms with Crippen molar-refractivity contribution in [3.8, 4) is 0 Å². The van der Waals surface area contributed by atoms with Crippen LogP contribution in [0.2, 0.25) is 0 Å². The predicted molar refractivity (Wildman–Crippen MR) is 143 cm³/mol. The molecule has 1 saturated carbocycles. The number of nitrogens with two attached hydrogens (primary N) is 1. The van der Waals surface area contributed by atoms with Crippen molar-refractivity contribution < 1.29 is 13.9 Å². The van der Waals surface area contributed by atoms with E-state index in [4.69, 9.17) is 10.5 Å². The SMILES string of the molecule is CC(C)(C)OC(=O)C[C@H]1CCC[C@@H]1[C@](CN)(c1cccc(F)c1)C1CCN(Cc2ccccc2)CC1. The lowest BCUT2D eigenvalue weighted by Gasteiger charge is -2.50. The molecule has 0 amide bonds. The predicted octanol–water partition coefficient (Wildman–Crippen LogP) is 6.08. The summed E-state index contributed by atoms with van der Waals surface area (Å²) < 4.78 is 20.3. The minimum Gasteiger partial charge on any atom is -0.460 e. The fourth-order valence-electron chi connectivity index (χ4n) is 6.97. The Labute approximate surface area is 216 Å². The minimum atomic E-state index is -0.496. The third kappa shape index (κ3) is 6.18. The maximum atomic E-state index is 14.6. The fraction of sp³-hybridized carbons (Fsp3) is 0.581. The summed E-state index contributed by atoms with van der Waals surface area (Å²) in [7, 11) is 0. The molecule has 2 N–H and O–H groups in total. The molecule has 2 aromatic carbocycles. The molecule has 0 bridgehead atoms. The Morgan fingerprint density at radius 3 is 2.39 bits per heavy atom. The van der Waals surface area contributed by atoms with Crippen LogP contribution in [0, 0.1) is 23.6 Å². The lowest BCUT2D eigenvalue weighted by molar-refractivity contribution is -0.156. The van der Waals surface area contributed by atoms with Crippen LogP contribution in [0.1, 0.15) is 70.4 Å². The van der Waals surface area contributed by atoms with Crippen molar-refractivity contribution >= 4 is 5.97 Å². The smallest absolute Gasteiger partial charge is 0.306 e. The Bertz CT molecular complexity index is 997. The van der Waals surface area contributed by atoms with Crippen LogP contribution >= 0.6 is 0 Å². The molecule has 0 aromatic heterocycles. The van der Waals surface area contributed by atoms with E-state index in [-0.39, 0.29) is 29.0 Å². The van der Waals surface area contributed by atoms with Crippen molar-refractivity contribution in [2.75, 3.05) is 19.6 Å². The van der Waals surface area contributed by atoms with Crippen LogP contribution in [0.5, 0.6) is 0 Å². The summed E-state index contributed by atoms with van der Waals surface area (Å²) >= 11 is 0. The van der Waals surface area contributed by atoms with Crippen LogP contribution in [0.25, 0.3) is 0 Å². The number of esters is 1. The second-order valence-corrected chi connectivity index (χ2v) is 11.9. The molecule has 1 saturated heterocycles. The van der Waals surface area contributed by atoms with Crippen molar-refractivity contribution in [2.45, 2.75) is 76.9 Å². The lowest BCUT2D eigenvalue weighted by atomic mass is 9.57. The van der Waals surface area contributed by atoms with Gasteiger partial charge in [0, 0.05) is 24.9 Å². The Hall–Kier alpha value is -2.24. The van der Waals surface area contributed by atoms with Crippen LogP contribution < -0.4 is 5.73 Å². The molecule has 0 unspecified atom stereocenters. The molecule has 196 valence electrons. The van der Waals surface area contributed by atoms with Crippen LogP contribution in [-0.4, -0.2) is 36.1 Å². The van der Waals surface area contributed by atoms with E-state index in [1.165, 1.54) is 11.6 Å². The van der Waals surface area contributed by atoms with E-state index >= 15 is 0 Å². The van der Waals surface area contributed by atoms with Gasteiger partial charge in [-0.3, -0.25) is 9.69 Å². The van der Waals surface area contributed by atoms with Gasteiger partial charge in [0.05, 0.1) is 0 Å². The second kappa shape index (κ2) is 11.4. The number of hydrogen-bond acceptors (Lipinski definition) is 4. The van der Waals surface area contributed by atoms with E-state index in [9.17, 15) is 9.18 Å². The van der Waals surface area contributed by atoms with Gasteiger partial charge >= 0.3 is 5.97 Å². The summed E-state index contributed by atoms with van der Waals surface area (Å²) in [5.74, 6) is 0.438. The normalized spacial score (nSPS) is 23.4. The number of likely N-dealkylation sites (tertiary alicyclic amines) is 1. The summed E-state index contributed by atoms with van der Waals surface area (Å²) in [5, 5.41) is 0. The zero-order valence-corrected chi connectivity index (χ0v) is 22.2. The quantitative estimate of drug-likeness (QED) is 0.452. The highest BCUT2D eigenvalue weighted by Crippen LogP contribution is 2.53. The maximum Gasteiger partial charge on any atom is 0.306 e. The molecule has 1 aliphatic carbocycles. The van der Waals surface area contributed by atoms with Gasteiger partial charge in [-0.1, -0.05) is 48.9 Å². The third-order valence-electron chi connectivity index (χ3n) is 8.43. The van der Waals surface area contributed by atoms with Gasteiger partial charge in [0.2, 0.25) is 0 Å². The Morgan fingerprint density at radius 2 is 1.75 bits per heavy atom. The molecule has 0 radical (unpaired) electrons. The largest absolute Gasteiger partial charge is 0.460 e. The van der Waals surface area contributed by atoms with Crippen molar-refractivity contribution in [3.63, 3.8) is 0 Å². The van der Waals surface area contributed by atoms with Gasteiger partial charge in [-0.15, -0.1) is 0 Å². The fourth-order valence-corrected chi connectivity index (χ4v) is 6.97. The monoisotopic (exact) mass is 494 g/mol. The number of ether oxygens (including phenoxy) is 1. The van der Waals surface area contributed by atoms with E-state index in [1.807, 2.05) is 26.8 Å². The molecule has 4 rings (SSSR count). The highest BCUT2D eigenvalue weighted by molar-refractivity contribution is 5.70. The summed E-state index contributed by atoms with van der Waals surface area (Å²) in [6, 6.07) is 17.7. The van der Waals surface area contributed by atoms with Gasteiger partial charge in [0.1, 0.15) is 11.4 Å². The van der Waals surface area contributed by atoms with E-state index in [0.29, 0.717) is 18.9 Å². The first kappa shape index (κ1) is 26.8. The average molecular weight is 495 g/mol. The number of hydrogen-bond donors (Lipinski definition) is 1. The summed E-state index contributed by atoms with van der Waals surface area (Å²) in [4.78, 5) is 15.4. The van der Waals surface area contributed by atoms with Gasteiger partial charge in [-0.2, -0.15) is 0 Å². The molecular weight excluding hydrogens is 451 g/mol. The second-order valence-electron chi connectivity index (χ2n) is 11.9. The summed E-state index contributed by atoms with van der Waals surface area (Å²) in [5.41, 5.74) is 8.20. The molecule has 2 fully saturated rings. The van der Waals surface area contributed by atoms with Gasteiger partial charge in [0.25, 0.3) is 0 Å². The van der Waals surface area contributed by atoms with E-state index < -0.39 is 5.60 Å². The maximum absolute atomic E-state index is 14.6. The molecule has 36 heavy (non-hydrogen) atoms. The first-order valence-electron chi connectivity index (χ1n) is 13.7. The lowest BCUT2D eigenvalue weighted by Crippen LogP contribution is -2.53. The standard InChI is InChI=1S/C31H43FN2O2/c1-30(2,3)36-29(35)19-24-11-7-14-28(24)31(22-33,26-12-8-13-27(32)20-26)25-15-17-34(18-16-25)21-23-9-5-4-6-10-23/h4-6,8-10,12-13,20,24-25,28H,7,11,14-19,21-22,33H2,1-3H3/t24-,28+,31+/m1/s1. The molecule has 2 aliphatic rings. The first-order chi connectivity index (χ1) is 17.2. The van der Waals surface area contributed by atoms with Crippen molar-refractivity contribution in [2.24, 2.45) is 23.5 Å². The van der Waals surface area contributed by atoms with Crippen LogP contribution in [-0.2, 0) is 21.5 Å². The van der Waals surface area contributed by atoms with Crippen LogP contribution in [0.4, 0.5) is 4.39 Å². The Morgan fingerprint density at radius 1 is 1.03 bits per heavy atom. The number of rotatable bonds is 8. The summed E-state index contributed by atoms with van der Waals surface area (Å²) in [6.45, 7) is 9.16. The number of benzene rings is 2. The number of nitrogens with zero attached hydrogens (tertiary/aromatic N) is 1. The molecule has 2 aromatic rings. The molecule has 1 heterocycles. The number of halogens is 1. The van der Waals surface area contributed by atoms with E-state index in [0.717, 1.165) is 57.3 Å². The summed E-state index contributed by atoms with van der Waals surface area (Å²) in [6.07, 6.45) is 5.54. The molecule has 5 heteroatoms. The molecule has 0 spiro atoms. The van der Waals surface area contributed by atoms with Gasteiger partial charge < -0.3 is 10.5 Å². The molecule has 1 aliphatic heterocycles. The Kier molecular flexibility index (Phi) is 8.52. The van der Waals surface area contributed by atoms with E-state index in [1.54, 1.807) is 6.07 Å². The van der Waals surface area contributed by atoms with Gasteiger partial charge in [0.15, 0.2) is 0 Å².